The number of guanidine groups is 1. The zero-order valence-electron chi connectivity index (χ0n) is 17.7. The molecule has 30 heavy (non-hydrogen) atoms. The minimum Gasteiger partial charge on any atom is -0.491 e. The first-order valence-corrected chi connectivity index (χ1v) is 10.2. The minimum absolute atomic E-state index is 0. The van der Waals surface area contributed by atoms with Crippen LogP contribution in [0.25, 0.3) is 11.1 Å². The van der Waals surface area contributed by atoms with E-state index in [1.165, 1.54) is 0 Å². The summed E-state index contributed by atoms with van der Waals surface area (Å²) in [5.74, 6) is 1.89. The van der Waals surface area contributed by atoms with Gasteiger partial charge in [-0.1, -0.05) is 48.5 Å². The third-order valence-electron chi connectivity index (χ3n) is 4.94. The first-order valence-electron chi connectivity index (χ1n) is 10.2. The number of ether oxygens (including phenoxy) is 1. The molecule has 2 aromatic carbocycles. The van der Waals surface area contributed by atoms with E-state index in [0.29, 0.717) is 13.2 Å². The number of carbonyl (C=O) groups excluding carboxylic acids is 1. The summed E-state index contributed by atoms with van der Waals surface area (Å²) in [5, 5.41) is 3.35. The standard InChI is InChI=1S/C23H30N4O2.HI/c1-3-24-23(27-16-14-26(15-17-27)19(2)28)25-13-18-29-22-12-8-7-11-21(22)20-9-5-4-6-10-20;/h4-12H,3,13-18H2,1-2H3,(H,24,25);1H. The summed E-state index contributed by atoms with van der Waals surface area (Å²) in [6.45, 7) is 8.63. The maximum absolute atomic E-state index is 11.5. The van der Waals surface area contributed by atoms with Gasteiger partial charge >= 0.3 is 0 Å². The normalized spacial score (nSPS) is 14.1. The predicted molar refractivity (Wildman–Crippen MR) is 133 cm³/mol. The quantitative estimate of drug-likeness (QED) is 0.273. The predicted octanol–water partition coefficient (Wildman–Crippen LogP) is 3.48. The van der Waals surface area contributed by atoms with E-state index < -0.39 is 0 Å². The van der Waals surface area contributed by atoms with Crippen LogP contribution in [0.4, 0.5) is 0 Å². The lowest BCUT2D eigenvalue weighted by atomic mass is 10.1. The molecule has 0 bridgehead atoms. The molecule has 3 rings (SSSR count). The van der Waals surface area contributed by atoms with Crippen molar-refractivity contribution in [1.29, 1.82) is 0 Å². The summed E-state index contributed by atoms with van der Waals surface area (Å²) in [4.78, 5) is 20.3. The van der Waals surface area contributed by atoms with Gasteiger partial charge in [0.25, 0.3) is 0 Å². The summed E-state index contributed by atoms with van der Waals surface area (Å²) in [7, 11) is 0. The number of nitrogens with zero attached hydrogens (tertiary/aromatic N) is 3. The third kappa shape index (κ3) is 6.62. The molecule has 0 spiro atoms. The number of nitrogens with one attached hydrogen (secondary N) is 1. The second-order valence-corrected chi connectivity index (χ2v) is 6.94. The molecule has 2 aromatic rings. The highest BCUT2D eigenvalue weighted by molar-refractivity contribution is 14.0. The topological polar surface area (TPSA) is 57.2 Å². The number of hydrogen-bond acceptors (Lipinski definition) is 3. The molecular weight excluding hydrogens is 491 g/mol. The van der Waals surface area contributed by atoms with Crippen LogP contribution < -0.4 is 10.1 Å². The Balaban J connectivity index is 0.00000320. The Hall–Kier alpha value is -2.29. The molecule has 1 saturated heterocycles. The molecule has 1 heterocycles. The number of amides is 1. The Morgan fingerprint density at radius 1 is 1.00 bits per heavy atom. The van der Waals surface area contributed by atoms with Gasteiger partial charge in [0.15, 0.2) is 5.96 Å². The van der Waals surface area contributed by atoms with Crippen LogP contribution in [0.2, 0.25) is 0 Å². The zero-order valence-corrected chi connectivity index (χ0v) is 20.0. The van der Waals surface area contributed by atoms with Gasteiger partial charge in [-0.3, -0.25) is 4.79 Å². The van der Waals surface area contributed by atoms with E-state index in [-0.39, 0.29) is 29.9 Å². The van der Waals surface area contributed by atoms with Crippen LogP contribution in [0.3, 0.4) is 0 Å². The van der Waals surface area contributed by atoms with Gasteiger partial charge in [-0.15, -0.1) is 24.0 Å². The molecule has 0 saturated carbocycles. The number of piperazine rings is 1. The lowest BCUT2D eigenvalue weighted by Gasteiger charge is -2.36. The van der Waals surface area contributed by atoms with Crippen molar-refractivity contribution in [3.8, 4) is 16.9 Å². The van der Waals surface area contributed by atoms with E-state index in [9.17, 15) is 4.79 Å². The minimum atomic E-state index is 0. The molecule has 1 fully saturated rings. The van der Waals surface area contributed by atoms with Crippen molar-refractivity contribution in [2.24, 2.45) is 4.99 Å². The molecule has 1 aliphatic rings. The van der Waals surface area contributed by atoms with Gasteiger partial charge in [-0.25, -0.2) is 4.99 Å². The highest BCUT2D eigenvalue weighted by atomic mass is 127. The first kappa shape index (κ1) is 24.0. The Kier molecular flexibility index (Phi) is 9.93. The Morgan fingerprint density at radius 3 is 2.30 bits per heavy atom. The lowest BCUT2D eigenvalue weighted by Crippen LogP contribution is -2.53. The number of carbonyl (C=O) groups is 1. The van der Waals surface area contributed by atoms with E-state index in [1.807, 2.05) is 41.3 Å². The zero-order chi connectivity index (χ0) is 20.5. The van der Waals surface area contributed by atoms with Crippen molar-refractivity contribution < 1.29 is 9.53 Å². The van der Waals surface area contributed by atoms with Crippen LogP contribution in [0, 0.1) is 0 Å². The monoisotopic (exact) mass is 522 g/mol. The third-order valence-corrected chi connectivity index (χ3v) is 4.94. The van der Waals surface area contributed by atoms with Gasteiger partial charge in [0.05, 0.1) is 6.54 Å². The SMILES string of the molecule is CCNC(=NCCOc1ccccc1-c1ccccc1)N1CCN(C(C)=O)CC1.I. The van der Waals surface area contributed by atoms with E-state index in [2.05, 4.69) is 35.3 Å². The second-order valence-electron chi connectivity index (χ2n) is 6.94. The molecule has 6 nitrogen and oxygen atoms in total. The Bertz CT molecular complexity index is 821. The van der Waals surface area contributed by atoms with E-state index in [1.54, 1.807) is 6.92 Å². The molecule has 1 aliphatic heterocycles. The van der Waals surface area contributed by atoms with Gasteiger partial charge in [0, 0.05) is 45.2 Å². The number of hydrogen-bond donors (Lipinski definition) is 1. The summed E-state index contributed by atoms with van der Waals surface area (Å²) < 4.78 is 6.05. The van der Waals surface area contributed by atoms with Crippen LogP contribution in [0.15, 0.2) is 59.6 Å². The van der Waals surface area contributed by atoms with Crippen molar-refractivity contribution in [2.45, 2.75) is 13.8 Å². The first-order chi connectivity index (χ1) is 14.2. The molecule has 0 aromatic heterocycles. The largest absolute Gasteiger partial charge is 0.491 e. The molecule has 7 heteroatoms. The fourth-order valence-electron chi connectivity index (χ4n) is 3.41. The molecule has 1 N–H and O–H groups in total. The molecule has 0 radical (unpaired) electrons. The smallest absolute Gasteiger partial charge is 0.219 e. The molecule has 1 amide bonds. The van der Waals surface area contributed by atoms with E-state index in [4.69, 9.17) is 9.73 Å². The molecule has 162 valence electrons. The van der Waals surface area contributed by atoms with Crippen molar-refractivity contribution >= 4 is 35.8 Å². The Labute approximate surface area is 196 Å². The molecule has 0 atom stereocenters. The van der Waals surface area contributed by atoms with Crippen LogP contribution in [-0.4, -0.2) is 67.5 Å². The molecule has 0 aliphatic carbocycles. The highest BCUT2D eigenvalue weighted by Crippen LogP contribution is 2.29. The Morgan fingerprint density at radius 2 is 1.63 bits per heavy atom. The fraction of sp³-hybridized carbons (Fsp3) is 0.391. The van der Waals surface area contributed by atoms with Crippen molar-refractivity contribution in [3.63, 3.8) is 0 Å². The van der Waals surface area contributed by atoms with Crippen LogP contribution >= 0.6 is 24.0 Å². The average Bonchev–Trinajstić information content (AvgIpc) is 2.77. The number of rotatable bonds is 6. The summed E-state index contributed by atoms with van der Waals surface area (Å²) in [5.41, 5.74) is 2.23. The molecule has 0 unspecified atom stereocenters. The maximum atomic E-state index is 11.5. The van der Waals surface area contributed by atoms with Crippen molar-refractivity contribution in [2.75, 3.05) is 45.9 Å². The van der Waals surface area contributed by atoms with E-state index in [0.717, 1.165) is 55.6 Å². The van der Waals surface area contributed by atoms with Crippen LogP contribution in [0.1, 0.15) is 13.8 Å². The van der Waals surface area contributed by atoms with Gasteiger partial charge in [-0.2, -0.15) is 0 Å². The van der Waals surface area contributed by atoms with Gasteiger partial charge < -0.3 is 19.9 Å². The number of halogens is 1. The summed E-state index contributed by atoms with van der Waals surface area (Å²) in [6.07, 6.45) is 0. The van der Waals surface area contributed by atoms with Crippen molar-refractivity contribution in [3.05, 3.63) is 54.6 Å². The van der Waals surface area contributed by atoms with Crippen LogP contribution in [0.5, 0.6) is 5.75 Å². The van der Waals surface area contributed by atoms with E-state index >= 15 is 0 Å². The average molecular weight is 522 g/mol. The molecular formula is C23H31IN4O2. The maximum Gasteiger partial charge on any atom is 0.219 e. The van der Waals surface area contributed by atoms with Gasteiger partial charge in [-0.05, 0) is 18.6 Å². The highest BCUT2D eigenvalue weighted by Gasteiger charge is 2.20. The second kappa shape index (κ2) is 12.4. The summed E-state index contributed by atoms with van der Waals surface area (Å²) in [6, 6.07) is 18.3. The summed E-state index contributed by atoms with van der Waals surface area (Å²) >= 11 is 0. The number of aliphatic imine (C=N–C) groups is 1. The van der Waals surface area contributed by atoms with Crippen LogP contribution in [-0.2, 0) is 4.79 Å². The van der Waals surface area contributed by atoms with Crippen molar-refractivity contribution in [1.82, 2.24) is 15.1 Å². The number of benzene rings is 2. The van der Waals surface area contributed by atoms with Gasteiger partial charge in [0.1, 0.15) is 12.4 Å². The lowest BCUT2D eigenvalue weighted by molar-refractivity contribution is -0.130. The fourth-order valence-corrected chi connectivity index (χ4v) is 3.41. The number of para-hydroxylation sites is 1. The van der Waals surface area contributed by atoms with Gasteiger partial charge in [0.2, 0.25) is 5.91 Å².